The summed E-state index contributed by atoms with van der Waals surface area (Å²) in [5.41, 5.74) is 0.789. The second-order valence-electron chi connectivity index (χ2n) is 5.49. The predicted octanol–water partition coefficient (Wildman–Crippen LogP) is 2.45. The number of benzene rings is 1. The molecule has 1 saturated heterocycles. The molecular formula is C15H17ClN4O2. The fourth-order valence-corrected chi connectivity index (χ4v) is 2.82. The molecular weight excluding hydrogens is 304 g/mol. The van der Waals surface area contributed by atoms with Gasteiger partial charge in [0.1, 0.15) is 6.04 Å². The molecule has 6 nitrogen and oxygen atoms in total. The van der Waals surface area contributed by atoms with Gasteiger partial charge in [0, 0.05) is 31.2 Å². The van der Waals surface area contributed by atoms with Crippen LogP contribution in [0.25, 0.3) is 11.4 Å². The summed E-state index contributed by atoms with van der Waals surface area (Å²) in [6.45, 7) is 0.738. The Morgan fingerprint density at radius 2 is 2.27 bits per heavy atom. The van der Waals surface area contributed by atoms with Crippen LogP contribution in [0.2, 0.25) is 5.02 Å². The number of amides is 1. The van der Waals surface area contributed by atoms with Crippen LogP contribution in [0.3, 0.4) is 0 Å². The molecule has 1 aromatic carbocycles. The summed E-state index contributed by atoms with van der Waals surface area (Å²) in [6, 6.07) is 7.42. The lowest BCUT2D eigenvalue weighted by Gasteiger charge is -2.24. The fraction of sp³-hybridized carbons (Fsp3) is 0.400. The van der Waals surface area contributed by atoms with Crippen molar-refractivity contribution in [1.29, 1.82) is 0 Å². The topological polar surface area (TPSA) is 62.5 Å². The Kier molecular flexibility index (Phi) is 4.02. The highest BCUT2D eigenvalue weighted by Gasteiger charge is 2.35. The molecule has 1 aliphatic rings. The van der Waals surface area contributed by atoms with Gasteiger partial charge in [0.2, 0.25) is 11.7 Å². The van der Waals surface area contributed by atoms with Gasteiger partial charge in [-0.15, -0.1) is 0 Å². The van der Waals surface area contributed by atoms with Crippen molar-refractivity contribution >= 4 is 23.5 Å². The van der Waals surface area contributed by atoms with Crippen LogP contribution >= 0.6 is 11.6 Å². The van der Waals surface area contributed by atoms with E-state index < -0.39 is 0 Å². The number of nitrogens with zero attached hydrogens (tertiary/aromatic N) is 4. The van der Waals surface area contributed by atoms with Gasteiger partial charge in [-0.3, -0.25) is 4.79 Å². The molecule has 22 heavy (non-hydrogen) atoms. The minimum Gasteiger partial charge on any atom is -0.347 e. The minimum absolute atomic E-state index is 0.0556. The first-order valence-electron chi connectivity index (χ1n) is 7.13. The second kappa shape index (κ2) is 5.96. The van der Waals surface area contributed by atoms with Gasteiger partial charge in [0.25, 0.3) is 0 Å². The molecule has 0 bridgehead atoms. The van der Waals surface area contributed by atoms with E-state index in [-0.39, 0.29) is 11.9 Å². The SMILES string of the molecule is CN(C)C(=O)C1CCCN1c1nc(-c2cccc(Cl)c2)no1. The highest BCUT2D eigenvalue weighted by atomic mass is 35.5. The van der Waals surface area contributed by atoms with E-state index in [2.05, 4.69) is 10.1 Å². The summed E-state index contributed by atoms with van der Waals surface area (Å²) < 4.78 is 5.35. The van der Waals surface area contributed by atoms with Crippen molar-refractivity contribution in [3.05, 3.63) is 29.3 Å². The monoisotopic (exact) mass is 320 g/mol. The Morgan fingerprint density at radius 3 is 3.00 bits per heavy atom. The van der Waals surface area contributed by atoms with Gasteiger partial charge >= 0.3 is 6.01 Å². The first-order valence-corrected chi connectivity index (χ1v) is 7.51. The molecule has 0 radical (unpaired) electrons. The number of carbonyl (C=O) groups excluding carboxylic acids is 1. The largest absolute Gasteiger partial charge is 0.347 e. The lowest BCUT2D eigenvalue weighted by molar-refractivity contribution is -0.129. The van der Waals surface area contributed by atoms with Gasteiger partial charge in [-0.25, -0.2) is 0 Å². The van der Waals surface area contributed by atoms with Crippen LogP contribution in [0.4, 0.5) is 6.01 Å². The van der Waals surface area contributed by atoms with Gasteiger partial charge in [-0.2, -0.15) is 4.98 Å². The summed E-state index contributed by atoms with van der Waals surface area (Å²) in [7, 11) is 3.51. The molecule has 1 fully saturated rings. The quantitative estimate of drug-likeness (QED) is 0.869. The van der Waals surface area contributed by atoms with Crippen molar-refractivity contribution in [2.24, 2.45) is 0 Å². The van der Waals surface area contributed by atoms with Crippen LogP contribution < -0.4 is 4.90 Å². The number of hydrogen-bond acceptors (Lipinski definition) is 5. The number of rotatable bonds is 3. The maximum Gasteiger partial charge on any atom is 0.325 e. The average Bonchev–Trinajstić information content (AvgIpc) is 3.15. The van der Waals surface area contributed by atoms with E-state index in [0.717, 1.165) is 24.9 Å². The van der Waals surface area contributed by atoms with Crippen molar-refractivity contribution in [3.63, 3.8) is 0 Å². The molecule has 2 heterocycles. The molecule has 1 aromatic heterocycles. The molecule has 1 atom stereocenters. The Bertz CT molecular complexity index is 686. The number of carbonyl (C=O) groups is 1. The number of likely N-dealkylation sites (N-methyl/N-ethyl adjacent to an activating group) is 1. The highest BCUT2D eigenvalue weighted by molar-refractivity contribution is 6.30. The van der Waals surface area contributed by atoms with Crippen molar-refractivity contribution in [2.45, 2.75) is 18.9 Å². The van der Waals surface area contributed by atoms with Gasteiger partial charge in [0.15, 0.2) is 0 Å². The molecule has 116 valence electrons. The van der Waals surface area contributed by atoms with Crippen molar-refractivity contribution in [2.75, 3.05) is 25.5 Å². The van der Waals surface area contributed by atoms with E-state index in [4.69, 9.17) is 16.1 Å². The van der Waals surface area contributed by atoms with E-state index in [1.165, 1.54) is 0 Å². The van der Waals surface area contributed by atoms with Gasteiger partial charge in [-0.1, -0.05) is 28.9 Å². The lowest BCUT2D eigenvalue weighted by Crippen LogP contribution is -2.42. The number of halogens is 1. The summed E-state index contributed by atoms with van der Waals surface area (Å²) in [6.07, 6.45) is 1.73. The summed E-state index contributed by atoms with van der Waals surface area (Å²) in [5, 5.41) is 4.62. The highest BCUT2D eigenvalue weighted by Crippen LogP contribution is 2.28. The summed E-state index contributed by atoms with van der Waals surface area (Å²) >= 11 is 5.98. The maximum absolute atomic E-state index is 12.2. The summed E-state index contributed by atoms with van der Waals surface area (Å²) in [4.78, 5) is 20.1. The molecule has 7 heteroatoms. The van der Waals surface area contributed by atoms with Crippen LogP contribution in [0.5, 0.6) is 0 Å². The van der Waals surface area contributed by atoms with E-state index >= 15 is 0 Å². The molecule has 0 spiro atoms. The Labute approximate surface area is 133 Å². The second-order valence-corrected chi connectivity index (χ2v) is 5.93. The van der Waals surface area contributed by atoms with Gasteiger partial charge < -0.3 is 14.3 Å². The predicted molar refractivity (Wildman–Crippen MR) is 83.8 cm³/mol. The zero-order chi connectivity index (χ0) is 15.7. The van der Waals surface area contributed by atoms with E-state index in [0.29, 0.717) is 16.9 Å². The zero-order valence-electron chi connectivity index (χ0n) is 12.5. The smallest absolute Gasteiger partial charge is 0.325 e. The number of hydrogen-bond donors (Lipinski definition) is 0. The van der Waals surface area contributed by atoms with E-state index in [1.54, 1.807) is 31.1 Å². The Morgan fingerprint density at radius 1 is 1.45 bits per heavy atom. The van der Waals surface area contributed by atoms with Crippen molar-refractivity contribution < 1.29 is 9.32 Å². The van der Waals surface area contributed by atoms with Crippen LogP contribution in [0, 0.1) is 0 Å². The molecule has 0 aliphatic carbocycles. The Balaban J connectivity index is 1.85. The Hall–Kier alpha value is -2.08. The molecule has 2 aromatic rings. The third-order valence-electron chi connectivity index (χ3n) is 3.72. The molecule has 0 N–H and O–H groups in total. The maximum atomic E-state index is 12.2. The molecule has 1 unspecified atom stereocenters. The number of aromatic nitrogens is 2. The zero-order valence-corrected chi connectivity index (χ0v) is 13.2. The van der Waals surface area contributed by atoms with Crippen LogP contribution in [0.1, 0.15) is 12.8 Å². The fourth-order valence-electron chi connectivity index (χ4n) is 2.63. The lowest BCUT2D eigenvalue weighted by atomic mass is 10.2. The van der Waals surface area contributed by atoms with E-state index in [9.17, 15) is 4.79 Å². The normalized spacial score (nSPS) is 17.8. The molecule has 1 aliphatic heterocycles. The van der Waals surface area contributed by atoms with Crippen LogP contribution in [-0.4, -0.2) is 47.6 Å². The van der Waals surface area contributed by atoms with E-state index in [1.807, 2.05) is 17.0 Å². The van der Waals surface area contributed by atoms with Gasteiger partial charge in [-0.05, 0) is 25.0 Å². The first-order chi connectivity index (χ1) is 10.6. The third-order valence-corrected chi connectivity index (χ3v) is 3.96. The molecule has 3 rings (SSSR count). The van der Waals surface area contributed by atoms with Crippen molar-refractivity contribution in [1.82, 2.24) is 15.0 Å². The minimum atomic E-state index is -0.234. The van der Waals surface area contributed by atoms with Crippen LogP contribution in [0.15, 0.2) is 28.8 Å². The van der Waals surface area contributed by atoms with Crippen LogP contribution in [-0.2, 0) is 4.79 Å². The number of anilines is 1. The molecule has 0 saturated carbocycles. The third kappa shape index (κ3) is 2.78. The average molecular weight is 321 g/mol. The summed E-state index contributed by atoms with van der Waals surface area (Å²) in [5.74, 6) is 0.528. The standard InChI is InChI=1S/C15H17ClN4O2/c1-19(2)14(21)12-7-4-8-20(12)15-17-13(18-22-15)10-5-3-6-11(16)9-10/h3,5-6,9,12H,4,7-8H2,1-2H3. The van der Waals surface area contributed by atoms with Crippen molar-refractivity contribution in [3.8, 4) is 11.4 Å². The van der Waals surface area contributed by atoms with Gasteiger partial charge in [0.05, 0.1) is 0 Å². The first kappa shape index (κ1) is 14.8. The molecule has 1 amide bonds.